The van der Waals surface area contributed by atoms with E-state index in [9.17, 15) is 8.78 Å². The lowest BCUT2D eigenvalue weighted by atomic mass is 9.99. The van der Waals surface area contributed by atoms with Gasteiger partial charge in [-0.25, -0.2) is 18.7 Å². The molecule has 0 aromatic carbocycles. The summed E-state index contributed by atoms with van der Waals surface area (Å²) in [5, 5.41) is 10.5. The lowest BCUT2D eigenvalue weighted by Gasteiger charge is -2.24. The zero-order valence-electron chi connectivity index (χ0n) is 18.0. The molecule has 1 aliphatic heterocycles. The third kappa shape index (κ3) is 3.88. The number of aromatic nitrogens is 4. The summed E-state index contributed by atoms with van der Waals surface area (Å²) < 4.78 is 33.9. The van der Waals surface area contributed by atoms with Crippen LogP contribution in [0.15, 0.2) is 35.2 Å². The zero-order valence-corrected chi connectivity index (χ0v) is 18.0. The lowest BCUT2D eigenvalue weighted by molar-refractivity contribution is 0.0165. The minimum Gasteiger partial charge on any atom is -0.364 e. The van der Waals surface area contributed by atoms with E-state index in [0.29, 0.717) is 17.9 Å². The van der Waals surface area contributed by atoms with Crippen molar-refractivity contribution in [3.8, 4) is 11.3 Å². The molecule has 0 unspecified atom stereocenters. The fourth-order valence-electron chi connectivity index (χ4n) is 4.26. The Morgan fingerprint density at radius 3 is 2.81 bits per heavy atom. The van der Waals surface area contributed by atoms with Crippen molar-refractivity contribution in [1.29, 1.82) is 0 Å². The van der Waals surface area contributed by atoms with Gasteiger partial charge in [0.15, 0.2) is 0 Å². The third-order valence-corrected chi connectivity index (χ3v) is 5.94. The molecule has 9 heteroatoms. The summed E-state index contributed by atoms with van der Waals surface area (Å²) in [6.45, 7) is 4.51. The number of piperidine rings is 1. The summed E-state index contributed by atoms with van der Waals surface area (Å²) in [6, 6.07) is 3.93. The molecular weight excluding hydrogens is 414 g/mol. The quantitative estimate of drug-likeness (QED) is 0.620. The summed E-state index contributed by atoms with van der Waals surface area (Å²) in [7, 11) is 0. The molecule has 3 aromatic heterocycles. The minimum absolute atomic E-state index is 0.172. The number of nitrogens with one attached hydrogen (secondary N) is 2. The van der Waals surface area contributed by atoms with E-state index >= 15 is 0 Å². The molecule has 0 bridgehead atoms. The van der Waals surface area contributed by atoms with Crippen LogP contribution >= 0.6 is 0 Å². The molecule has 0 spiro atoms. The highest BCUT2D eigenvalue weighted by Crippen LogP contribution is 2.39. The maximum atomic E-state index is 14.5. The SMILES string of the molecule is Cc1nocc1-c1ccc2c(n1)CC=C2c1nc(N[C@H]2CCCNC2)ncc1C(C)(F)F. The van der Waals surface area contributed by atoms with Crippen molar-refractivity contribution in [2.24, 2.45) is 0 Å². The average molecular weight is 438 g/mol. The Kier molecular flexibility index (Phi) is 5.21. The molecule has 4 heterocycles. The first-order chi connectivity index (χ1) is 15.4. The molecule has 166 valence electrons. The first-order valence-corrected chi connectivity index (χ1v) is 10.7. The van der Waals surface area contributed by atoms with Gasteiger partial charge in [-0.15, -0.1) is 0 Å². The van der Waals surface area contributed by atoms with E-state index in [0.717, 1.165) is 61.1 Å². The largest absolute Gasteiger partial charge is 0.364 e. The highest BCUT2D eigenvalue weighted by atomic mass is 19.3. The van der Waals surface area contributed by atoms with E-state index in [4.69, 9.17) is 9.51 Å². The van der Waals surface area contributed by atoms with Crippen molar-refractivity contribution < 1.29 is 13.3 Å². The second-order valence-electron chi connectivity index (χ2n) is 8.36. The average Bonchev–Trinajstić information content (AvgIpc) is 3.39. The summed E-state index contributed by atoms with van der Waals surface area (Å²) >= 11 is 0. The number of rotatable bonds is 5. The maximum absolute atomic E-state index is 14.5. The number of pyridine rings is 1. The molecule has 7 nitrogen and oxygen atoms in total. The van der Waals surface area contributed by atoms with Gasteiger partial charge in [-0.2, -0.15) is 0 Å². The van der Waals surface area contributed by atoms with Gasteiger partial charge in [0.1, 0.15) is 6.26 Å². The fourth-order valence-corrected chi connectivity index (χ4v) is 4.26. The van der Waals surface area contributed by atoms with Crippen LogP contribution in [0.1, 0.15) is 48.0 Å². The zero-order chi connectivity index (χ0) is 22.3. The number of hydrogen-bond acceptors (Lipinski definition) is 7. The number of anilines is 1. The Morgan fingerprint density at radius 2 is 2.09 bits per heavy atom. The Balaban J connectivity index is 1.51. The Labute approximate surface area is 184 Å². The number of allylic oxidation sites excluding steroid dienone is 1. The van der Waals surface area contributed by atoms with Crippen molar-refractivity contribution in [3.05, 3.63) is 58.9 Å². The van der Waals surface area contributed by atoms with Crippen LogP contribution in [-0.2, 0) is 12.3 Å². The molecule has 1 aliphatic carbocycles. The van der Waals surface area contributed by atoms with Crippen LogP contribution in [-0.4, -0.2) is 39.2 Å². The van der Waals surface area contributed by atoms with Gasteiger partial charge in [0, 0.05) is 43.3 Å². The van der Waals surface area contributed by atoms with E-state index in [1.54, 1.807) is 6.26 Å². The number of halogens is 2. The first-order valence-electron chi connectivity index (χ1n) is 10.7. The highest BCUT2D eigenvalue weighted by molar-refractivity contribution is 5.85. The number of hydrogen-bond donors (Lipinski definition) is 2. The number of aryl methyl sites for hydroxylation is 1. The predicted molar refractivity (Wildman–Crippen MR) is 116 cm³/mol. The molecule has 0 radical (unpaired) electrons. The van der Waals surface area contributed by atoms with Gasteiger partial charge in [-0.3, -0.25) is 4.98 Å². The summed E-state index contributed by atoms with van der Waals surface area (Å²) in [5.41, 5.74) is 4.64. The normalized spacial score (nSPS) is 18.4. The van der Waals surface area contributed by atoms with E-state index in [1.807, 2.05) is 25.1 Å². The molecule has 0 saturated carbocycles. The van der Waals surface area contributed by atoms with E-state index in [2.05, 4.69) is 25.8 Å². The Morgan fingerprint density at radius 1 is 1.22 bits per heavy atom. The van der Waals surface area contributed by atoms with Crippen LogP contribution in [0, 0.1) is 6.92 Å². The first kappa shape index (κ1) is 20.7. The van der Waals surface area contributed by atoms with Gasteiger partial charge in [0.2, 0.25) is 5.95 Å². The topological polar surface area (TPSA) is 88.8 Å². The standard InChI is InChI=1S/C23H24F2N6O/c1-13-17(12-32-31-13)20-7-5-15-16(6-8-19(15)29-20)21-18(23(2,24)25)11-27-22(30-21)28-14-4-3-9-26-10-14/h5-7,11-12,14,26H,3-4,8-10H2,1-2H3,(H,27,28,30)/t14-/m0/s1. The molecule has 32 heavy (non-hydrogen) atoms. The smallest absolute Gasteiger partial charge is 0.274 e. The van der Waals surface area contributed by atoms with E-state index < -0.39 is 5.92 Å². The second-order valence-corrected chi connectivity index (χ2v) is 8.36. The Hall–Kier alpha value is -3.20. The minimum atomic E-state index is -3.07. The number of fused-ring (bicyclic) bond motifs is 1. The van der Waals surface area contributed by atoms with Crippen LogP contribution in [0.2, 0.25) is 0 Å². The third-order valence-electron chi connectivity index (χ3n) is 5.94. The van der Waals surface area contributed by atoms with E-state index in [1.165, 1.54) is 6.20 Å². The van der Waals surface area contributed by atoms with Crippen molar-refractivity contribution in [2.45, 2.75) is 45.1 Å². The lowest BCUT2D eigenvalue weighted by Crippen LogP contribution is -2.38. The van der Waals surface area contributed by atoms with Gasteiger partial charge in [0.05, 0.1) is 33.9 Å². The predicted octanol–water partition coefficient (Wildman–Crippen LogP) is 4.10. The van der Waals surface area contributed by atoms with Gasteiger partial charge >= 0.3 is 0 Å². The summed E-state index contributed by atoms with van der Waals surface area (Å²) in [4.78, 5) is 13.5. The monoisotopic (exact) mass is 438 g/mol. The molecule has 1 atom stereocenters. The molecule has 2 N–H and O–H groups in total. The van der Waals surface area contributed by atoms with Crippen LogP contribution in [0.4, 0.5) is 14.7 Å². The van der Waals surface area contributed by atoms with Gasteiger partial charge in [-0.05, 0) is 32.4 Å². The fraction of sp³-hybridized carbons (Fsp3) is 0.391. The summed E-state index contributed by atoms with van der Waals surface area (Å²) in [5.74, 6) is -2.71. The molecular formula is C23H24F2N6O. The van der Waals surface area contributed by atoms with Gasteiger partial charge in [0.25, 0.3) is 5.92 Å². The molecule has 2 aliphatic rings. The van der Waals surface area contributed by atoms with Crippen molar-refractivity contribution in [1.82, 2.24) is 25.4 Å². The molecule has 5 rings (SSSR count). The highest BCUT2D eigenvalue weighted by Gasteiger charge is 2.33. The molecule has 0 amide bonds. The molecule has 3 aromatic rings. The van der Waals surface area contributed by atoms with E-state index in [-0.39, 0.29) is 17.3 Å². The summed E-state index contributed by atoms with van der Waals surface area (Å²) in [6.07, 6.45) is 7.28. The van der Waals surface area contributed by atoms with Crippen LogP contribution < -0.4 is 10.6 Å². The van der Waals surface area contributed by atoms with Crippen LogP contribution in [0.25, 0.3) is 16.8 Å². The van der Waals surface area contributed by atoms with Gasteiger partial charge < -0.3 is 15.2 Å². The number of nitrogens with zero attached hydrogens (tertiary/aromatic N) is 4. The van der Waals surface area contributed by atoms with Gasteiger partial charge in [-0.1, -0.05) is 17.3 Å². The molecule has 1 fully saturated rings. The van der Waals surface area contributed by atoms with Crippen LogP contribution in [0.3, 0.4) is 0 Å². The second kappa shape index (κ2) is 8.05. The maximum Gasteiger partial charge on any atom is 0.274 e. The Bertz CT molecular complexity index is 1180. The van der Waals surface area contributed by atoms with Crippen molar-refractivity contribution in [2.75, 3.05) is 18.4 Å². The van der Waals surface area contributed by atoms with Crippen LogP contribution in [0.5, 0.6) is 0 Å². The number of alkyl halides is 2. The molecule has 1 saturated heterocycles. The van der Waals surface area contributed by atoms with Crippen molar-refractivity contribution in [3.63, 3.8) is 0 Å². The van der Waals surface area contributed by atoms with Crippen molar-refractivity contribution >= 4 is 11.5 Å².